The third-order valence-corrected chi connectivity index (χ3v) is 5.99. The Balaban J connectivity index is 1.70. The molecule has 1 aliphatic carbocycles. The summed E-state index contributed by atoms with van der Waals surface area (Å²) in [5.41, 5.74) is 0.506. The van der Waals surface area contributed by atoms with E-state index in [1.165, 1.54) is 37.3 Å². The number of nitrogens with one attached hydrogen (secondary N) is 1. The average Bonchev–Trinajstić information content (AvgIpc) is 3.06. The number of thioether (sulfide) groups is 1. The van der Waals surface area contributed by atoms with Crippen molar-refractivity contribution in [3.63, 3.8) is 0 Å². The molecule has 1 N–H and O–H groups in total. The van der Waals surface area contributed by atoms with Crippen molar-refractivity contribution in [2.24, 2.45) is 16.3 Å². The second-order valence-corrected chi connectivity index (χ2v) is 7.20. The van der Waals surface area contributed by atoms with E-state index in [2.05, 4.69) is 24.2 Å². The van der Waals surface area contributed by atoms with Gasteiger partial charge in [-0.15, -0.1) is 0 Å². The molecule has 1 saturated carbocycles. The van der Waals surface area contributed by atoms with Crippen LogP contribution in [0.5, 0.6) is 0 Å². The summed E-state index contributed by atoms with van der Waals surface area (Å²) in [6, 6.07) is 0. The Morgan fingerprint density at radius 2 is 2.16 bits per heavy atom. The number of hydrogen-bond acceptors (Lipinski definition) is 4. The van der Waals surface area contributed by atoms with Crippen LogP contribution in [-0.4, -0.2) is 37.2 Å². The summed E-state index contributed by atoms with van der Waals surface area (Å²) in [5, 5.41) is 5.47. The van der Waals surface area contributed by atoms with E-state index in [4.69, 9.17) is 4.74 Å². The summed E-state index contributed by atoms with van der Waals surface area (Å²) < 4.78 is 5.20. The molecule has 1 atom stereocenters. The van der Waals surface area contributed by atoms with Crippen LogP contribution in [0.4, 0.5) is 0 Å². The van der Waals surface area contributed by atoms with Crippen LogP contribution in [0, 0.1) is 11.3 Å². The highest BCUT2D eigenvalue weighted by molar-refractivity contribution is 8.14. The van der Waals surface area contributed by atoms with Gasteiger partial charge < -0.3 is 10.1 Å². The van der Waals surface area contributed by atoms with E-state index in [1.807, 2.05) is 11.8 Å². The van der Waals surface area contributed by atoms with E-state index < -0.39 is 0 Å². The molecule has 0 bridgehead atoms. The minimum Gasteiger partial charge on any atom is -0.385 e. The van der Waals surface area contributed by atoms with E-state index in [0.717, 1.165) is 25.6 Å². The Morgan fingerprint density at radius 1 is 1.42 bits per heavy atom. The topological polar surface area (TPSA) is 33.6 Å². The molecule has 110 valence electrons. The van der Waals surface area contributed by atoms with Crippen molar-refractivity contribution in [2.45, 2.75) is 51.2 Å². The molecule has 0 saturated heterocycles. The van der Waals surface area contributed by atoms with E-state index in [-0.39, 0.29) is 0 Å². The number of aliphatic imine (C=N–C) groups is 1. The lowest BCUT2D eigenvalue weighted by Gasteiger charge is -2.19. The zero-order valence-electron chi connectivity index (χ0n) is 12.6. The van der Waals surface area contributed by atoms with Gasteiger partial charge in [-0.3, -0.25) is 4.99 Å². The molecular weight excluding hydrogens is 256 g/mol. The molecule has 2 rings (SSSR count). The molecule has 1 fully saturated rings. The molecule has 0 amide bonds. The van der Waals surface area contributed by atoms with Crippen LogP contribution in [0.15, 0.2) is 4.99 Å². The van der Waals surface area contributed by atoms with Crippen LogP contribution in [0.25, 0.3) is 0 Å². The third-order valence-electron chi connectivity index (χ3n) is 4.66. The lowest BCUT2D eigenvalue weighted by Crippen LogP contribution is -2.29. The van der Waals surface area contributed by atoms with Gasteiger partial charge in [0.1, 0.15) is 0 Å². The van der Waals surface area contributed by atoms with Crippen molar-refractivity contribution in [1.29, 1.82) is 0 Å². The van der Waals surface area contributed by atoms with E-state index >= 15 is 0 Å². The Kier molecular flexibility index (Phi) is 5.58. The Labute approximate surface area is 122 Å². The molecular formula is C15H28N2OS. The summed E-state index contributed by atoms with van der Waals surface area (Å²) in [4.78, 5) is 4.68. The fourth-order valence-corrected chi connectivity index (χ4v) is 4.14. The number of ether oxygens (including phenoxy) is 1. The van der Waals surface area contributed by atoms with Gasteiger partial charge in [0.05, 0.1) is 6.54 Å². The van der Waals surface area contributed by atoms with Crippen molar-refractivity contribution in [2.75, 3.05) is 26.8 Å². The fraction of sp³-hybridized carbons (Fsp3) is 0.933. The minimum atomic E-state index is 0.506. The second kappa shape index (κ2) is 6.98. The number of nitrogens with zero attached hydrogens (tertiary/aromatic N) is 1. The van der Waals surface area contributed by atoms with Crippen LogP contribution in [0.2, 0.25) is 0 Å². The van der Waals surface area contributed by atoms with Gasteiger partial charge in [-0.25, -0.2) is 0 Å². The molecule has 3 nitrogen and oxygen atoms in total. The first-order valence-corrected chi connectivity index (χ1v) is 8.55. The smallest absolute Gasteiger partial charge is 0.156 e. The lowest BCUT2D eigenvalue weighted by atomic mass is 9.99. The standard InChI is InChI=1S/C15H28N2OS/c1-4-12(5-2)13-10-16-14(19-13)17-11-15(6-7-15)8-9-18-3/h12-13H,4-11H2,1-3H3,(H,16,17). The average molecular weight is 284 g/mol. The molecule has 4 heteroatoms. The van der Waals surface area contributed by atoms with Crippen molar-refractivity contribution >= 4 is 16.9 Å². The molecule has 0 aromatic carbocycles. The Bertz CT molecular complexity index is 311. The summed E-state index contributed by atoms with van der Waals surface area (Å²) in [5.74, 6) is 0.816. The van der Waals surface area contributed by atoms with Gasteiger partial charge in [0.15, 0.2) is 5.17 Å². The molecule has 2 aliphatic rings. The van der Waals surface area contributed by atoms with Crippen LogP contribution >= 0.6 is 11.8 Å². The van der Waals surface area contributed by atoms with E-state index in [9.17, 15) is 0 Å². The molecule has 0 aromatic rings. The van der Waals surface area contributed by atoms with E-state index in [1.54, 1.807) is 7.11 Å². The molecule has 0 aromatic heterocycles. The van der Waals surface area contributed by atoms with Crippen LogP contribution < -0.4 is 5.32 Å². The van der Waals surface area contributed by atoms with Crippen LogP contribution in [0.3, 0.4) is 0 Å². The van der Waals surface area contributed by atoms with Crippen molar-refractivity contribution in [1.82, 2.24) is 5.32 Å². The first-order chi connectivity index (χ1) is 9.23. The summed E-state index contributed by atoms with van der Waals surface area (Å²) in [7, 11) is 1.79. The minimum absolute atomic E-state index is 0.506. The predicted octanol–water partition coefficient (Wildman–Crippen LogP) is 3.30. The monoisotopic (exact) mass is 284 g/mol. The second-order valence-electron chi connectivity index (χ2n) is 5.98. The largest absolute Gasteiger partial charge is 0.385 e. The number of hydrogen-bond donors (Lipinski definition) is 1. The SMILES string of the molecule is CCC(CC)C1CN=C(NCC2(CCOC)CC2)S1. The molecule has 19 heavy (non-hydrogen) atoms. The van der Waals surface area contributed by atoms with Crippen molar-refractivity contribution < 1.29 is 4.74 Å². The van der Waals surface area contributed by atoms with Gasteiger partial charge in [-0.05, 0) is 30.6 Å². The summed E-state index contributed by atoms with van der Waals surface area (Å²) >= 11 is 1.97. The number of rotatable bonds is 8. The number of amidine groups is 1. The predicted molar refractivity (Wildman–Crippen MR) is 83.9 cm³/mol. The molecule has 1 aliphatic heterocycles. The van der Waals surface area contributed by atoms with Crippen LogP contribution in [-0.2, 0) is 4.74 Å². The molecule has 0 radical (unpaired) electrons. The maximum atomic E-state index is 5.20. The zero-order valence-corrected chi connectivity index (χ0v) is 13.4. The summed E-state index contributed by atoms with van der Waals surface area (Å²) in [6.07, 6.45) is 6.42. The van der Waals surface area contributed by atoms with Gasteiger partial charge >= 0.3 is 0 Å². The quantitative estimate of drug-likeness (QED) is 0.742. The Hall–Kier alpha value is -0.220. The van der Waals surface area contributed by atoms with Crippen molar-refractivity contribution in [3.8, 4) is 0 Å². The fourth-order valence-electron chi connectivity index (χ4n) is 2.82. The zero-order chi connectivity index (χ0) is 13.7. The van der Waals surface area contributed by atoms with Gasteiger partial charge in [0.25, 0.3) is 0 Å². The van der Waals surface area contributed by atoms with Gasteiger partial charge in [0.2, 0.25) is 0 Å². The Morgan fingerprint density at radius 3 is 2.74 bits per heavy atom. The van der Waals surface area contributed by atoms with Crippen LogP contribution in [0.1, 0.15) is 46.0 Å². The molecule has 1 heterocycles. The maximum Gasteiger partial charge on any atom is 0.156 e. The summed E-state index contributed by atoms with van der Waals surface area (Å²) in [6.45, 7) is 7.56. The van der Waals surface area contributed by atoms with Gasteiger partial charge in [-0.1, -0.05) is 38.5 Å². The van der Waals surface area contributed by atoms with E-state index in [0.29, 0.717) is 10.7 Å². The van der Waals surface area contributed by atoms with Gasteiger partial charge in [0, 0.05) is 25.5 Å². The maximum absolute atomic E-state index is 5.20. The number of methoxy groups -OCH3 is 1. The first-order valence-electron chi connectivity index (χ1n) is 7.67. The highest BCUT2D eigenvalue weighted by Crippen LogP contribution is 2.48. The normalized spacial score (nSPS) is 24.6. The van der Waals surface area contributed by atoms with Gasteiger partial charge in [-0.2, -0.15) is 0 Å². The highest BCUT2D eigenvalue weighted by Gasteiger charge is 2.42. The van der Waals surface area contributed by atoms with Crippen molar-refractivity contribution in [3.05, 3.63) is 0 Å². The molecule has 0 spiro atoms. The lowest BCUT2D eigenvalue weighted by molar-refractivity contribution is 0.173. The highest BCUT2D eigenvalue weighted by atomic mass is 32.2. The molecule has 1 unspecified atom stereocenters. The first kappa shape index (κ1) is 15.2. The third kappa shape index (κ3) is 4.12.